The quantitative estimate of drug-likeness (QED) is 0.648. The van der Waals surface area contributed by atoms with Gasteiger partial charge in [-0.3, -0.25) is 4.79 Å². The molecule has 2 aromatic heterocycles. The number of thiophene rings is 1. The molecule has 0 saturated carbocycles. The van der Waals surface area contributed by atoms with Crippen LogP contribution in [0.2, 0.25) is 5.02 Å². The highest BCUT2D eigenvalue weighted by molar-refractivity contribution is 7.13. The molecular weight excluding hydrogens is 378 g/mol. The van der Waals surface area contributed by atoms with Crippen molar-refractivity contribution in [3.63, 3.8) is 0 Å². The van der Waals surface area contributed by atoms with Crippen molar-refractivity contribution in [2.45, 2.75) is 19.6 Å². The number of nitrogens with zero attached hydrogens (tertiary/aromatic N) is 4. The molecule has 0 radical (unpaired) electrons. The molecule has 3 aromatic rings. The maximum atomic E-state index is 12.1. The number of halogens is 1. The molecule has 1 amide bonds. The van der Waals surface area contributed by atoms with Crippen molar-refractivity contribution in [2.24, 2.45) is 0 Å². The Bertz CT molecular complexity index is 895. The molecule has 0 bridgehead atoms. The molecule has 0 aliphatic heterocycles. The summed E-state index contributed by atoms with van der Waals surface area (Å²) in [6.45, 7) is 1.24. The Balaban J connectivity index is 1.52. The molecule has 1 aromatic carbocycles. The molecule has 0 fully saturated rings. The largest absolute Gasteiger partial charge is 0.451 e. The van der Waals surface area contributed by atoms with Crippen LogP contribution in [0.25, 0.3) is 10.7 Å². The number of esters is 1. The number of rotatable bonds is 6. The van der Waals surface area contributed by atoms with E-state index in [0.29, 0.717) is 16.5 Å². The van der Waals surface area contributed by atoms with E-state index in [0.717, 1.165) is 9.67 Å². The minimum atomic E-state index is -0.974. The molecular formula is C16H14ClN5O3S. The molecule has 0 aliphatic rings. The van der Waals surface area contributed by atoms with E-state index in [1.54, 1.807) is 24.3 Å². The normalized spacial score (nSPS) is 11.8. The number of hydrogen-bond donors (Lipinski definition) is 1. The van der Waals surface area contributed by atoms with E-state index in [1.807, 2.05) is 17.5 Å². The molecule has 0 saturated heterocycles. The first-order valence-electron chi connectivity index (χ1n) is 7.59. The number of carbonyl (C=O) groups excluding carboxylic acids is 2. The SMILES string of the molecule is C[C@H](OC(=O)Cn1nnc(-c2cccs2)n1)C(=O)Nc1ccc(Cl)cc1. The molecule has 2 heterocycles. The topological polar surface area (TPSA) is 99.0 Å². The van der Waals surface area contributed by atoms with Crippen molar-refractivity contribution < 1.29 is 14.3 Å². The van der Waals surface area contributed by atoms with Gasteiger partial charge in [-0.05, 0) is 47.8 Å². The highest BCUT2D eigenvalue weighted by atomic mass is 35.5. The molecule has 0 aliphatic carbocycles. The second kappa shape index (κ2) is 8.07. The minimum Gasteiger partial charge on any atom is -0.451 e. The fraction of sp³-hybridized carbons (Fsp3) is 0.188. The van der Waals surface area contributed by atoms with Crippen molar-refractivity contribution in [3.05, 3.63) is 46.8 Å². The van der Waals surface area contributed by atoms with Crippen LogP contribution >= 0.6 is 22.9 Å². The highest BCUT2D eigenvalue weighted by Gasteiger charge is 2.19. The maximum absolute atomic E-state index is 12.1. The number of hydrogen-bond acceptors (Lipinski definition) is 7. The van der Waals surface area contributed by atoms with E-state index in [-0.39, 0.29) is 6.54 Å². The lowest BCUT2D eigenvalue weighted by Gasteiger charge is -2.13. The lowest BCUT2D eigenvalue weighted by atomic mass is 10.3. The summed E-state index contributed by atoms with van der Waals surface area (Å²) in [7, 11) is 0. The van der Waals surface area contributed by atoms with Gasteiger partial charge in [0.05, 0.1) is 4.88 Å². The lowest BCUT2D eigenvalue weighted by molar-refractivity contribution is -0.154. The Morgan fingerprint density at radius 2 is 2.08 bits per heavy atom. The Labute approximate surface area is 157 Å². The smallest absolute Gasteiger partial charge is 0.330 e. The summed E-state index contributed by atoms with van der Waals surface area (Å²) in [5.41, 5.74) is 0.556. The summed E-state index contributed by atoms with van der Waals surface area (Å²) < 4.78 is 5.11. The number of aromatic nitrogens is 4. The van der Waals surface area contributed by atoms with Crippen LogP contribution in [0.1, 0.15) is 6.92 Å². The zero-order valence-electron chi connectivity index (χ0n) is 13.6. The number of amides is 1. The van der Waals surface area contributed by atoms with Crippen LogP contribution in [0.3, 0.4) is 0 Å². The van der Waals surface area contributed by atoms with Crippen LogP contribution in [-0.2, 0) is 20.9 Å². The molecule has 26 heavy (non-hydrogen) atoms. The standard InChI is InChI=1S/C16H14ClN5O3S/c1-10(16(24)18-12-6-4-11(17)5-7-12)25-14(23)9-22-20-15(19-21-22)13-3-2-8-26-13/h2-8,10H,9H2,1H3,(H,18,24)/t10-/m0/s1. The first-order valence-corrected chi connectivity index (χ1v) is 8.84. The minimum absolute atomic E-state index is 0.239. The molecule has 3 rings (SSSR count). The maximum Gasteiger partial charge on any atom is 0.330 e. The van der Waals surface area contributed by atoms with Gasteiger partial charge in [0.25, 0.3) is 5.91 Å². The average Bonchev–Trinajstić information content (AvgIpc) is 3.28. The highest BCUT2D eigenvalue weighted by Crippen LogP contribution is 2.19. The Morgan fingerprint density at radius 3 is 2.77 bits per heavy atom. The van der Waals surface area contributed by atoms with Gasteiger partial charge in [0, 0.05) is 10.7 Å². The third kappa shape index (κ3) is 4.64. The second-order valence-electron chi connectivity index (χ2n) is 5.25. The van der Waals surface area contributed by atoms with Gasteiger partial charge in [-0.1, -0.05) is 17.7 Å². The van der Waals surface area contributed by atoms with Crippen molar-refractivity contribution in [1.29, 1.82) is 0 Å². The number of tetrazole rings is 1. The van der Waals surface area contributed by atoms with Gasteiger partial charge in [0.15, 0.2) is 12.6 Å². The van der Waals surface area contributed by atoms with Crippen LogP contribution in [0, 0.1) is 0 Å². The van der Waals surface area contributed by atoms with Crippen molar-refractivity contribution >= 4 is 40.5 Å². The predicted molar refractivity (Wildman–Crippen MR) is 96.8 cm³/mol. The summed E-state index contributed by atoms with van der Waals surface area (Å²) in [6.07, 6.45) is -0.974. The predicted octanol–water partition coefficient (Wildman–Crippen LogP) is 2.63. The van der Waals surface area contributed by atoms with Crippen LogP contribution in [0.15, 0.2) is 41.8 Å². The van der Waals surface area contributed by atoms with E-state index in [1.165, 1.54) is 18.3 Å². The monoisotopic (exact) mass is 391 g/mol. The number of benzene rings is 1. The van der Waals surface area contributed by atoms with E-state index >= 15 is 0 Å². The Kier molecular flexibility index (Phi) is 5.59. The van der Waals surface area contributed by atoms with Crippen LogP contribution in [0.5, 0.6) is 0 Å². The summed E-state index contributed by atoms with van der Waals surface area (Å²) in [5, 5.41) is 16.9. The summed E-state index contributed by atoms with van der Waals surface area (Å²) in [6, 6.07) is 10.3. The second-order valence-corrected chi connectivity index (χ2v) is 6.63. The number of nitrogens with one attached hydrogen (secondary N) is 1. The number of anilines is 1. The first-order chi connectivity index (χ1) is 12.5. The van der Waals surface area contributed by atoms with Gasteiger partial charge >= 0.3 is 5.97 Å². The fourth-order valence-electron chi connectivity index (χ4n) is 2.00. The molecule has 134 valence electrons. The van der Waals surface area contributed by atoms with Gasteiger partial charge in [0.1, 0.15) is 0 Å². The summed E-state index contributed by atoms with van der Waals surface area (Å²) >= 11 is 7.26. The van der Waals surface area contributed by atoms with Crippen molar-refractivity contribution in [1.82, 2.24) is 20.2 Å². The van der Waals surface area contributed by atoms with Crippen LogP contribution in [-0.4, -0.2) is 38.2 Å². The zero-order chi connectivity index (χ0) is 18.5. The van der Waals surface area contributed by atoms with Crippen LogP contribution < -0.4 is 5.32 Å². The lowest BCUT2D eigenvalue weighted by Crippen LogP contribution is -2.31. The van der Waals surface area contributed by atoms with Gasteiger partial charge in [0.2, 0.25) is 5.82 Å². The molecule has 1 N–H and O–H groups in total. The summed E-state index contributed by atoms with van der Waals surface area (Å²) in [4.78, 5) is 26.0. The third-order valence-corrected chi connectivity index (χ3v) is 4.37. The third-order valence-electron chi connectivity index (χ3n) is 3.25. The van der Waals surface area contributed by atoms with Gasteiger partial charge in [-0.15, -0.1) is 21.5 Å². The Morgan fingerprint density at radius 1 is 1.31 bits per heavy atom. The molecule has 8 nitrogen and oxygen atoms in total. The van der Waals surface area contributed by atoms with Gasteiger partial charge in [-0.25, -0.2) is 4.79 Å². The van der Waals surface area contributed by atoms with E-state index < -0.39 is 18.0 Å². The van der Waals surface area contributed by atoms with E-state index in [2.05, 4.69) is 20.7 Å². The first kappa shape index (κ1) is 18.0. The van der Waals surface area contributed by atoms with E-state index in [9.17, 15) is 9.59 Å². The zero-order valence-corrected chi connectivity index (χ0v) is 15.2. The Hall–Kier alpha value is -2.78. The fourth-order valence-corrected chi connectivity index (χ4v) is 2.77. The number of carbonyl (C=O) groups is 2. The van der Waals surface area contributed by atoms with E-state index in [4.69, 9.17) is 16.3 Å². The molecule has 1 atom stereocenters. The summed E-state index contributed by atoms with van der Waals surface area (Å²) in [5.74, 6) is -0.660. The molecule has 10 heteroatoms. The molecule has 0 spiro atoms. The average molecular weight is 392 g/mol. The van der Waals surface area contributed by atoms with Gasteiger partial charge < -0.3 is 10.1 Å². The number of ether oxygens (including phenoxy) is 1. The van der Waals surface area contributed by atoms with Crippen molar-refractivity contribution in [3.8, 4) is 10.7 Å². The van der Waals surface area contributed by atoms with Crippen molar-refractivity contribution in [2.75, 3.05) is 5.32 Å². The van der Waals surface area contributed by atoms with Gasteiger partial charge in [-0.2, -0.15) is 4.80 Å². The molecule has 0 unspecified atom stereocenters. The van der Waals surface area contributed by atoms with Crippen LogP contribution in [0.4, 0.5) is 5.69 Å².